The molecule has 0 aliphatic carbocycles. The minimum Gasteiger partial charge on any atom is -0.307 e. The van der Waals surface area contributed by atoms with Crippen LogP contribution < -0.4 is 0 Å². The summed E-state index contributed by atoms with van der Waals surface area (Å²) in [6.45, 7) is 6.17. The summed E-state index contributed by atoms with van der Waals surface area (Å²) in [5.41, 5.74) is 1.08. The van der Waals surface area contributed by atoms with Crippen molar-refractivity contribution in [2.75, 3.05) is 6.54 Å². The highest BCUT2D eigenvalue weighted by atomic mass is 14.7. The number of hydrogen-bond acceptors (Lipinski definition) is 2. The Hall–Kier alpha value is -1.18. The van der Waals surface area contributed by atoms with Crippen LogP contribution in [0.5, 0.6) is 0 Å². The first kappa shape index (κ1) is 8.82. The van der Waals surface area contributed by atoms with Crippen LogP contribution in [0.25, 0.3) is 0 Å². The number of nitrogens with zero attached hydrogens (tertiary/aromatic N) is 1. The number of allylic oxidation sites excluding steroid dienone is 1. The summed E-state index contributed by atoms with van der Waals surface area (Å²) < 4.78 is 0. The lowest BCUT2D eigenvalue weighted by Gasteiger charge is -1.91. The summed E-state index contributed by atoms with van der Waals surface area (Å²) in [6, 6.07) is 0. The van der Waals surface area contributed by atoms with Crippen molar-refractivity contribution in [2.45, 2.75) is 6.92 Å². The highest BCUT2D eigenvalue weighted by molar-refractivity contribution is 6.14. The highest BCUT2D eigenvalue weighted by Gasteiger charge is 1.82. The highest BCUT2D eigenvalue weighted by Crippen LogP contribution is 1.93. The molecule has 0 atom stereocenters. The standard InChI is InChI=1S/C8H12N2/c1-3-8(4-2)7-10-6-5-9/h3-6,9H,1,7H2,2H3/b8-4-,9-5?,10-6?. The Morgan fingerprint density at radius 3 is 2.80 bits per heavy atom. The molecular weight excluding hydrogens is 124 g/mol. The number of hydrogen-bond donors (Lipinski definition) is 1. The summed E-state index contributed by atoms with van der Waals surface area (Å²) in [6.07, 6.45) is 6.35. The van der Waals surface area contributed by atoms with Gasteiger partial charge in [0.1, 0.15) is 0 Å². The van der Waals surface area contributed by atoms with Gasteiger partial charge >= 0.3 is 0 Å². The molecule has 1 N–H and O–H groups in total. The summed E-state index contributed by atoms with van der Waals surface area (Å²) in [4.78, 5) is 3.92. The molecule has 0 aliphatic heterocycles. The molecule has 0 bridgehead atoms. The van der Waals surface area contributed by atoms with E-state index in [4.69, 9.17) is 5.41 Å². The third kappa shape index (κ3) is 3.78. The van der Waals surface area contributed by atoms with Crippen LogP contribution in [0.4, 0.5) is 0 Å². The van der Waals surface area contributed by atoms with E-state index in [9.17, 15) is 0 Å². The molecule has 2 heteroatoms. The Labute approximate surface area is 61.5 Å². The van der Waals surface area contributed by atoms with Crippen LogP contribution in [0, 0.1) is 5.41 Å². The fraction of sp³-hybridized carbons (Fsp3) is 0.250. The van der Waals surface area contributed by atoms with Gasteiger partial charge < -0.3 is 5.41 Å². The van der Waals surface area contributed by atoms with E-state index >= 15 is 0 Å². The Bertz CT molecular complexity index is 166. The fourth-order valence-electron chi connectivity index (χ4n) is 0.485. The Morgan fingerprint density at radius 1 is 1.70 bits per heavy atom. The van der Waals surface area contributed by atoms with Crippen molar-refractivity contribution in [1.29, 1.82) is 5.41 Å². The van der Waals surface area contributed by atoms with Crippen molar-refractivity contribution in [3.05, 3.63) is 24.3 Å². The molecule has 0 heterocycles. The van der Waals surface area contributed by atoms with Crippen LogP contribution in [-0.2, 0) is 0 Å². The number of rotatable bonds is 4. The van der Waals surface area contributed by atoms with Gasteiger partial charge in [0, 0.05) is 12.4 Å². The smallest absolute Gasteiger partial charge is 0.0637 e. The van der Waals surface area contributed by atoms with Crippen molar-refractivity contribution in [3.8, 4) is 0 Å². The molecule has 0 aromatic heterocycles. The Kier molecular flexibility index (Phi) is 5.25. The van der Waals surface area contributed by atoms with Crippen molar-refractivity contribution in [1.82, 2.24) is 0 Å². The zero-order chi connectivity index (χ0) is 7.82. The predicted molar refractivity (Wildman–Crippen MR) is 46.1 cm³/mol. The van der Waals surface area contributed by atoms with E-state index in [1.165, 1.54) is 6.21 Å². The van der Waals surface area contributed by atoms with Gasteiger partial charge in [0.15, 0.2) is 0 Å². The second-order valence-corrected chi connectivity index (χ2v) is 1.72. The van der Waals surface area contributed by atoms with E-state index < -0.39 is 0 Å². The molecule has 0 aromatic rings. The van der Waals surface area contributed by atoms with Crippen molar-refractivity contribution < 1.29 is 0 Å². The van der Waals surface area contributed by atoms with E-state index in [2.05, 4.69) is 11.6 Å². The van der Waals surface area contributed by atoms with Gasteiger partial charge in [-0.25, -0.2) is 0 Å². The molecule has 0 rings (SSSR count). The maximum Gasteiger partial charge on any atom is 0.0637 e. The topological polar surface area (TPSA) is 36.2 Å². The van der Waals surface area contributed by atoms with Crippen molar-refractivity contribution in [3.63, 3.8) is 0 Å². The second kappa shape index (κ2) is 5.95. The van der Waals surface area contributed by atoms with Gasteiger partial charge in [0.25, 0.3) is 0 Å². The number of aliphatic imine (C=N–C) groups is 1. The first-order valence-electron chi connectivity index (χ1n) is 3.11. The molecule has 0 saturated carbocycles. The first-order chi connectivity index (χ1) is 4.85. The molecule has 10 heavy (non-hydrogen) atoms. The van der Waals surface area contributed by atoms with Crippen LogP contribution in [0.2, 0.25) is 0 Å². The fourth-order valence-corrected chi connectivity index (χ4v) is 0.485. The van der Waals surface area contributed by atoms with Gasteiger partial charge in [-0.15, -0.1) is 0 Å². The molecule has 0 spiro atoms. The summed E-state index contributed by atoms with van der Waals surface area (Å²) >= 11 is 0. The van der Waals surface area contributed by atoms with E-state index in [-0.39, 0.29) is 0 Å². The molecule has 0 amide bonds. The minimum atomic E-state index is 0.620. The van der Waals surface area contributed by atoms with Crippen LogP contribution >= 0.6 is 0 Å². The van der Waals surface area contributed by atoms with Gasteiger partial charge in [-0.3, -0.25) is 4.99 Å². The molecule has 0 saturated heterocycles. The molecule has 2 nitrogen and oxygen atoms in total. The lowest BCUT2D eigenvalue weighted by molar-refractivity contribution is 1.19. The summed E-state index contributed by atoms with van der Waals surface area (Å²) in [7, 11) is 0. The maximum absolute atomic E-state index is 6.64. The Balaban J connectivity index is 3.76. The molecular formula is C8H12N2. The van der Waals surface area contributed by atoms with Crippen LogP contribution in [0.3, 0.4) is 0 Å². The predicted octanol–water partition coefficient (Wildman–Crippen LogP) is 1.84. The monoisotopic (exact) mass is 136 g/mol. The third-order valence-electron chi connectivity index (χ3n) is 1.09. The van der Waals surface area contributed by atoms with E-state index in [0.29, 0.717) is 6.54 Å². The van der Waals surface area contributed by atoms with Gasteiger partial charge in [-0.1, -0.05) is 18.7 Å². The van der Waals surface area contributed by atoms with Gasteiger partial charge in [0.2, 0.25) is 0 Å². The summed E-state index contributed by atoms with van der Waals surface area (Å²) in [5, 5.41) is 6.64. The van der Waals surface area contributed by atoms with Crippen molar-refractivity contribution >= 4 is 12.4 Å². The van der Waals surface area contributed by atoms with E-state index in [1.807, 2.05) is 13.0 Å². The molecule has 0 radical (unpaired) electrons. The molecule has 0 unspecified atom stereocenters. The second-order valence-electron chi connectivity index (χ2n) is 1.72. The van der Waals surface area contributed by atoms with Gasteiger partial charge in [-0.2, -0.15) is 0 Å². The van der Waals surface area contributed by atoms with E-state index in [0.717, 1.165) is 11.8 Å². The zero-order valence-electron chi connectivity index (χ0n) is 6.17. The third-order valence-corrected chi connectivity index (χ3v) is 1.09. The molecule has 0 aromatic carbocycles. The summed E-state index contributed by atoms with van der Waals surface area (Å²) in [5.74, 6) is 0. The lowest BCUT2D eigenvalue weighted by atomic mass is 10.2. The molecule has 0 fully saturated rings. The maximum atomic E-state index is 6.64. The first-order valence-corrected chi connectivity index (χ1v) is 3.11. The molecule has 54 valence electrons. The van der Waals surface area contributed by atoms with Gasteiger partial charge in [-0.05, 0) is 12.5 Å². The van der Waals surface area contributed by atoms with E-state index in [1.54, 1.807) is 6.08 Å². The van der Waals surface area contributed by atoms with Crippen LogP contribution in [0.15, 0.2) is 29.3 Å². The lowest BCUT2D eigenvalue weighted by Crippen LogP contribution is -1.84. The van der Waals surface area contributed by atoms with Crippen LogP contribution in [-0.4, -0.2) is 19.0 Å². The average molecular weight is 136 g/mol. The Morgan fingerprint density at radius 2 is 2.40 bits per heavy atom. The van der Waals surface area contributed by atoms with Crippen LogP contribution in [0.1, 0.15) is 6.92 Å². The van der Waals surface area contributed by atoms with Gasteiger partial charge in [0.05, 0.1) is 6.54 Å². The largest absolute Gasteiger partial charge is 0.307 e. The average Bonchev–Trinajstić information content (AvgIpc) is 1.99. The quantitative estimate of drug-likeness (QED) is 0.452. The normalized spacial score (nSPS) is 11.9. The zero-order valence-corrected chi connectivity index (χ0v) is 6.17. The minimum absolute atomic E-state index is 0.620. The SMILES string of the molecule is C=C/C(=C/C)CN=CC=N. The molecule has 0 aliphatic rings. The van der Waals surface area contributed by atoms with Crippen molar-refractivity contribution in [2.24, 2.45) is 4.99 Å². The number of nitrogens with one attached hydrogen (secondary N) is 1.